The monoisotopic (exact) mass is 537 g/mol. The zero-order valence-electron chi connectivity index (χ0n) is 23.1. The molecule has 1 aromatic carbocycles. The first-order chi connectivity index (χ1) is 19.0. The maximum Gasteiger partial charge on any atom is 0.328 e. The quantitative estimate of drug-likeness (QED) is 0.0521. The van der Waals surface area contributed by atoms with E-state index in [1.165, 1.54) is 43.7 Å². The zero-order chi connectivity index (χ0) is 28.1. The van der Waals surface area contributed by atoms with Gasteiger partial charge in [0.15, 0.2) is 5.96 Å². The lowest BCUT2D eigenvalue weighted by Gasteiger charge is -2.23. The molecule has 0 fully saturated rings. The van der Waals surface area contributed by atoms with Crippen LogP contribution in [0.25, 0.3) is 6.08 Å². The predicted octanol–water partition coefficient (Wildman–Crippen LogP) is 5.69. The number of aromatic nitrogens is 1. The molecule has 0 spiro atoms. The number of nitrogens with two attached hydrogens (primary N) is 2. The molecule has 2 atom stereocenters. The van der Waals surface area contributed by atoms with Gasteiger partial charge in [0, 0.05) is 18.9 Å². The van der Waals surface area contributed by atoms with Crippen LogP contribution in [-0.4, -0.2) is 46.3 Å². The van der Waals surface area contributed by atoms with Crippen molar-refractivity contribution in [2.75, 3.05) is 18.5 Å². The van der Waals surface area contributed by atoms with Crippen LogP contribution in [0.4, 0.5) is 5.82 Å². The highest BCUT2D eigenvalue weighted by molar-refractivity contribution is 5.81. The fraction of sp³-hybridized carbons (Fsp3) is 0.484. The Labute approximate surface area is 233 Å². The molecule has 1 aromatic heterocycles. The van der Waals surface area contributed by atoms with E-state index in [2.05, 4.69) is 39.6 Å². The summed E-state index contributed by atoms with van der Waals surface area (Å²) in [6.07, 6.45) is 19.5. The molecule has 0 saturated carbocycles. The molecule has 2 aromatic rings. The van der Waals surface area contributed by atoms with Crippen molar-refractivity contribution in [2.45, 2.75) is 76.7 Å². The van der Waals surface area contributed by atoms with E-state index in [1.807, 2.05) is 36.5 Å². The first-order valence-electron chi connectivity index (χ1n) is 14.2. The van der Waals surface area contributed by atoms with Crippen LogP contribution in [0.3, 0.4) is 0 Å². The number of anilines is 1. The summed E-state index contributed by atoms with van der Waals surface area (Å²) >= 11 is 0. The maximum absolute atomic E-state index is 11.6. The summed E-state index contributed by atoms with van der Waals surface area (Å²) in [5, 5.41) is 21.9. The minimum atomic E-state index is -1.02. The van der Waals surface area contributed by atoms with Crippen molar-refractivity contribution in [2.24, 2.45) is 22.4 Å². The summed E-state index contributed by atoms with van der Waals surface area (Å²) in [6.45, 7) is 0.414. The van der Waals surface area contributed by atoms with E-state index in [4.69, 9.17) is 16.6 Å². The van der Waals surface area contributed by atoms with Crippen LogP contribution in [-0.2, 0) is 4.79 Å². The lowest BCUT2D eigenvalue weighted by atomic mass is 9.90. The number of aliphatic imine (C=N–C) groups is 1. The normalized spacial score (nSPS) is 13.3. The molecule has 0 unspecified atom stereocenters. The number of unbranched alkanes of at least 4 members (excludes halogenated alkanes) is 7. The van der Waals surface area contributed by atoms with E-state index in [-0.39, 0.29) is 18.5 Å². The SMILES string of the molecule is NC(N)=NC/C(=C\C(=O)O)[C@H](CC[C@H](/C=C/c1ccccc1)CCCCCCCCCCO)Nc1ccc[nH]1. The molecular formula is C31H47N5O3. The number of aliphatic hydroxyl groups is 1. The summed E-state index contributed by atoms with van der Waals surface area (Å²) in [6, 6.07) is 13.9. The highest BCUT2D eigenvalue weighted by Gasteiger charge is 2.18. The number of benzene rings is 1. The number of hydrogen-bond acceptors (Lipinski definition) is 4. The third kappa shape index (κ3) is 14.9. The molecule has 0 aliphatic carbocycles. The summed E-state index contributed by atoms with van der Waals surface area (Å²) in [5.41, 5.74) is 12.9. The largest absolute Gasteiger partial charge is 0.478 e. The topological polar surface area (TPSA) is 150 Å². The Balaban J connectivity index is 2.06. The van der Waals surface area contributed by atoms with Crippen LogP contribution in [0.1, 0.15) is 76.2 Å². The van der Waals surface area contributed by atoms with E-state index >= 15 is 0 Å². The number of hydrogen-bond donors (Lipinski definition) is 6. The molecule has 0 radical (unpaired) electrons. The Hall–Kier alpha value is -3.52. The number of carboxylic acids is 1. The average molecular weight is 538 g/mol. The summed E-state index contributed by atoms with van der Waals surface area (Å²) in [4.78, 5) is 18.9. The molecule has 1 heterocycles. The van der Waals surface area contributed by atoms with Gasteiger partial charge in [-0.05, 0) is 54.9 Å². The third-order valence-electron chi connectivity index (χ3n) is 6.80. The van der Waals surface area contributed by atoms with Crippen molar-refractivity contribution in [1.82, 2.24) is 4.98 Å². The van der Waals surface area contributed by atoms with Crippen LogP contribution >= 0.6 is 0 Å². The molecular weight excluding hydrogens is 490 g/mol. The number of aliphatic carboxylic acids is 1. The lowest BCUT2D eigenvalue weighted by molar-refractivity contribution is -0.131. The van der Waals surface area contributed by atoms with Gasteiger partial charge in [0.05, 0.1) is 12.6 Å². The molecule has 214 valence electrons. The zero-order valence-corrected chi connectivity index (χ0v) is 23.1. The van der Waals surface area contributed by atoms with Crippen molar-refractivity contribution < 1.29 is 15.0 Å². The molecule has 2 rings (SSSR count). The molecule has 0 bridgehead atoms. The van der Waals surface area contributed by atoms with E-state index < -0.39 is 5.97 Å². The molecule has 0 amide bonds. The van der Waals surface area contributed by atoms with Gasteiger partial charge >= 0.3 is 5.97 Å². The Bertz CT molecular complexity index is 998. The summed E-state index contributed by atoms with van der Waals surface area (Å²) < 4.78 is 0. The lowest BCUT2D eigenvalue weighted by Crippen LogP contribution is -2.28. The van der Waals surface area contributed by atoms with Crippen LogP contribution < -0.4 is 16.8 Å². The molecule has 8 nitrogen and oxygen atoms in total. The van der Waals surface area contributed by atoms with Gasteiger partial charge in [0.25, 0.3) is 0 Å². The fourth-order valence-corrected chi connectivity index (χ4v) is 4.66. The number of carbonyl (C=O) groups is 1. The average Bonchev–Trinajstić information content (AvgIpc) is 3.44. The van der Waals surface area contributed by atoms with Gasteiger partial charge in [0.2, 0.25) is 0 Å². The number of allylic oxidation sites excluding steroid dienone is 1. The van der Waals surface area contributed by atoms with Crippen LogP contribution in [0, 0.1) is 5.92 Å². The molecule has 0 aliphatic heterocycles. The second-order valence-electron chi connectivity index (χ2n) is 10.0. The smallest absolute Gasteiger partial charge is 0.328 e. The number of nitrogens with zero attached hydrogens (tertiary/aromatic N) is 1. The second kappa shape index (κ2) is 19.5. The highest BCUT2D eigenvalue weighted by Crippen LogP contribution is 2.24. The van der Waals surface area contributed by atoms with Gasteiger partial charge in [-0.2, -0.15) is 0 Å². The van der Waals surface area contributed by atoms with E-state index in [0.29, 0.717) is 18.1 Å². The fourth-order valence-electron chi connectivity index (χ4n) is 4.66. The number of guanidine groups is 1. The maximum atomic E-state index is 11.6. The molecule has 0 aliphatic rings. The van der Waals surface area contributed by atoms with E-state index in [1.54, 1.807) is 0 Å². The van der Waals surface area contributed by atoms with Crippen molar-refractivity contribution in [3.8, 4) is 0 Å². The van der Waals surface area contributed by atoms with Crippen LogP contribution in [0.5, 0.6) is 0 Å². The minimum Gasteiger partial charge on any atom is -0.478 e. The predicted molar refractivity (Wildman–Crippen MR) is 161 cm³/mol. The first kappa shape index (κ1) is 31.7. The summed E-state index contributed by atoms with van der Waals surface area (Å²) in [5.74, 6) is 0.0844. The van der Waals surface area contributed by atoms with E-state index in [9.17, 15) is 9.90 Å². The number of nitrogens with one attached hydrogen (secondary N) is 2. The second-order valence-corrected chi connectivity index (χ2v) is 10.0. The Morgan fingerprint density at radius 3 is 2.23 bits per heavy atom. The third-order valence-corrected chi connectivity index (χ3v) is 6.80. The Morgan fingerprint density at radius 2 is 1.62 bits per heavy atom. The minimum absolute atomic E-state index is 0.0676. The first-order valence-corrected chi connectivity index (χ1v) is 14.2. The molecule has 8 N–H and O–H groups in total. The van der Waals surface area contributed by atoms with Crippen molar-refractivity contribution in [3.63, 3.8) is 0 Å². The number of rotatable bonds is 21. The molecule has 0 saturated heterocycles. The number of aliphatic hydroxyl groups excluding tert-OH is 1. The van der Waals surface area contributed by atoms with E-state index in [0.717, 1.165) is 44.3 Å². The number of H-pyrrole nitrogens is 1. The Kier molecular flexibility index (Phi) is 15.9. The summed E-state index contributed by atoms with van der Waals surface area (Å²) in [7, 11) is 0. The Morgan fingerprint density at radius 1 is 0.923 bits per heavy atom. The van der Waals surface area contributed by atoms with Gasteiger partial charge < -0.3 is 32.0 Å². The van der Waals surface area contributed by atoms with Crippen molar-refractivity contribution >= 4 is 23.8 Å². The highest BCUT2D eigenvalue weighted by atomic mass is 16.4. The van der Waals surface area contributed by atoms with Gasteiger partial charge in [-0.15, -0.1) is 0 Å². The number of carboxylic acid groups (broad SMARTS) is 1. The van der Waals surface area contributed by atoms with Crippen LogP contribution in [0.15, 0.2) is 71.4 Å². The molecule has 39 heavy (non-hydrogen) atoms. The van der Waals surface area contributed by atoms with Crippen LogP contribution in [0.2, 0.25) is 0 Å². The van der Waals surface area contributed by atoms with Gasteiger partial charge in [-0.1, -0.05) is 87.4 Å². The van der Waals surface area contributed by atoms with Crippen molar-refractivity contribution in [1.29, 1.82) is 0 Å². The number of aromatic amines is 1. The van der Waals surface area contributed by atoms with Gasteiger partial charge in [-0.3, -0.25) is 0 Å². The van der Waals surface area contributed by atoms with Gasteiger partial charge in [0.1, 0.15) is 5.82 Å². The van der Waals surface area contributed by atoms with Crippen molar-refractivity contribution in [3.05, 3.63) is 72.0 Å². The standard InChI is InChI=1S/C31H47N5O3/c32-31(33)35-24-27(23-30(38)39)28(36-29-16-12-21-34-29)20-19-26(18-17-25-13-9-7-10-14-25)15-8-5-3-1-2-4-6-11-22-37/h7,9-10,12-14,16-18,21,23,26,28,34,36-37H,1-6,8,11,15,19-20,22,24H2,(H,38,39)(H4,32,33,35)/b18-17+,27-23+/t26-,28-/m0/s1. The molecule has 8 heteroatoms. The van der Waals surface area contributed by atoms with Gasteiger partial charge in [-0.25, -0.2) is 9.79 Å².